The molecule has 1 atom stereocenters. The Bertz CT molecular complexity index is 1120. The number of carbonyl (C=O) groups is 2. The van der Waals surface area contributed by atoms with Crippen molar-refractivity contribution < 1.29 is 14.3 Å². The van der Waals surface area contributed by atoms with Crippen LogP contribution < -0.4 is 10.1 Å². The van der Waals surface area contributed by atoms with Crippen LogP contribution in [0.15, 0.2) is 48.5 Å². The van der Waals surface area contributed by atoms with E-state index in [0.717, 1.165) is 30.6 Å². The van der Waals surface area contributed by atoms with Crippen LogP contribution in [0.2, 0.25) is 5.02 Å². The minimum absolute atomic E-state index is 0.162. The molecular weight excluding hydrogens is 460 g/mol. The van der Waals surface area contributed by atoms with Gasteiger partial charge in [-0.2, -0.15) is 0 Å². The summed E-state index contributed by atoms with van der Waals surface area (Å²) in [6, 6.07) is 13.9. The molecule has 0 aliphatic carbocycles. The van der Waals surface area contributed by atoms with Gasteiger partial charge in [0.1, 0.15) is 16.8 Å². The maximum Gasteiger partial charge on any atom is 0.254 e. The zero-order chi connectivity index (χ0) is 23.2. The van der Waals surface area contributed by atoms with Crippen LogP contribution in [-0.4, -0.2) is 46.1 Å². The van der Waals surface area contributed by atoms with E-state index in [0.29, 0.717) is 40.3 Å². The van der Waals surface area contributed by atoms with Crippen molar-refractivity contribution in [1.29, 1.82) is 0 Å². The van der Waals surface area contributed by atoms with Crippen molar-refractivity contribution in [2.75, 3.05) is 18.5 Å². The Morgan fingerprint density at radius 2 is 2.03 bits per heavy atom. The number of benzene rings is 2. The summed E-state index contributed by atoms with van der Waals surface area (Å²) >= 11 is 7.31. The number of carbonyl (C=O) groups excluding carboxylic acids is 2. The summed E-state index contributed by atoms with van der Waals surface area (Å²) in [4.78, 5) is 27.7. The normalized spacial score (nSPS) is 15.5. The summed E-state index contributed by atoms with van der Waals surface area (Å²) in [7, 11) is 0. The predicted octanol–water partition coefficient (Wildman–Crippen LogP) is 5.28. The topological polar surface area (TPSA) is 84.4 Å². The molecule has 3 aromatic rings. The highest BCUT2D eigenvalue weighted by molar-refractivity contribution is 7.18. The quantitative estimate of drug-likeness (QED) is 0.439. The predicted molar refractivity (Wildman–Crippen MR) is 130 cm³/mol. The SMILES string of the molecule is CCCCOc1ccc(C(=O)N2CCCC2C(=O)Nc2nnc(-c3cccc(Cl)c3)s2)cc1. The van der Waals surface area contributed by atoms with Gasteiger partial charge in [0, 0.05) is 22.7 Å². The molecule has 1 aliphatic rings. The fourth-order valence-electron chi connectivity index (χ4n) is 3.68. The molecule has 1 unspecified atom stereocenters. The summed E-state index contributed by atoms with van der Waals surface area (Å²) < 4.78 is 5.66. The first-order chi connectivity index (χ1) is 16.0. The van der Waals surface area contributed by atoms with Gasteiger partial charge in [0.25, 0.3) is 5.91 Å². The monoisotopic (exact) mass is 484 g/mol. The summed E-state index contributed by atoms with van der Waals surface area (Å²) in [5.41, 5.74) is 1.37. The first-order valence-electron chi connectivity index (χ1n) is 11.0. The van der Waals surface area contributed by atoms with E-state index in [9.17, 15) is 9.59 Å². The van der Waals surface area contributed by atoms with E-state index in [2.05, 4.69) is 22.4 Å². The lowest BCUT2D eigenvalue weighted by Gasteiger charge is -2.23. The standard InChI is InChI=1S/C24H25ClN4O3S/c1-2-3-14-32-19-11-9-16(10-12-19)23(31)29-13-5-8-20(29)21(30)26-24-28-27-22(33-24)17-6-4-7-18(25)15-17/h4,6-7,9-12,15,20H,2-3,5,8,13-14H2,1H3,(H,26,28,30). The minimum atomic E-state index is -0.545. The van der Waals surface area contributed by atoms with E-state index < -0.39 is 6.04 Å². The molecule has 2 amide bonds. The third-order valence-corrected chi connectivity index (χ3v) is 6.53. The third kappa shape index (κ3) is 5.69. The number of ether oxygens (including phenoxy) is 1. The molecule has 2 aromatic carbocycles. The molecule has 1 aromatic heterocycles. The molecule has 1 saturated heterocycles. The number of hydrogen-bond acceptors (Lipinski definition) is 6. The molecule has 2 heterocycles. The number of nitrogens with one attached hydrogen (secondary N) is 1. The second-order valence-electron chi connectivity index (χ2n) is 7.79. The van der Waals surface area contributed by atoms with Gasteiger partial charge in [0.05, 0.1) is 6.61 Å². The number of hydrogen-bond donors (Lipinski definition) is 1. The summed E-state index contributed by atoms with van der Waals surface area (Å²) in [6.07, 6.45) is 3.43. The maximum atomic E-state index is 13.1. The van der Waals surface area contributed by atoms with E-state index >= 15 is 0 Å². The molecule has 1 fully saturated rings. The van der Waals surface area contributed by atoms with Crippen molar-refractivity contribution in [2.24, 2.45) is 0 Å². The first kappa shape index (κ1) is 23.2. The summed E-state index contributed by atoms with van der Waals surface area (Å²) in [5, 5.41) is 12.7. The number of unbranched alkanes of at least 4 members (excludes halogenated alkanes) is 1. The summed E-state index contributed by atoms with van der Waals surface area (Å²) in [6.45, 7) is 3.30. The molecule has 172 valence electrons. The molecule has 1 N–H and O–H groups in total. The number of anilines is 1. The second kappa shape index (κ2) is 10.8. The molecule has 0 bridgehead atoms. The van der Waals surface area contributed by atoms with E-state index in [4.69, 9.17) is 16.3 Å². The van der Waals surface area contributed by atoms with Crippen LogP contribution in [0.5, 0.6) is 5.75 Å². The van der Waals surface area contributed by atoms with Gasteiger partial charge in [-0.1, -0.05) is 48.4 Å². The van der Waals surface area contributed by atoms with Gasteiger partial charge in [-0.3, -0.25) is 14.9 Å². The van der Waals surface area contributed by atoms with Crippen molar-refractivity contribution in [3.8, 4) is 16.3 Å². The van der Waals surface area contributed by atoms with E-state index in [-0.39, 0.29) is 11.8 Å². The van der Waals surface area contributed by atoms with Crippen molar-refractivity contribution in [3.63, 3.8) is 0 Å². The Hall–Kier alpha value is -2.97. The number of amides is 2. The number of aromatic nitrogens is 2. The highest BCUT2D eigenvalue weighted by atomic mass is 35.5. The van der Waals surface area contributed by atoms with E-state index in [1.807, 2.05) is 12.1 Å². The molecule has 1 aliphatic heterocycles. The fourth-order valence-corrected chi connectivity index (χ4v) is 4.61. The van der Waals surface area contributed by atoms with Crippen LogP contribution in [0, 0.1) is 0 Å². The number of likely N-dealkylation sites (tertiary alicyclic amines) is 1. The third-order valence-electron chi connectivity index (χ3n) is 5.41. The highest BCUT2D eigenvalue weighted by Crippen LogP contribution is 2.29. The Labute approximate surface area is 201 Å². The molecule has 33 heavy (non-hydrogen) atoms. The van der Waals surface area contributed by atoms with Gasteiger partial charge in [0.2, 0.25) is 11.0 Å². The smallest absolute Gasteiger partial charge is 0.254 e. The van der Waals surface area contributed by atoms with Crippen molar-refractivity contribution >= 4 is 39.9 Å². The zero-order valence-corrected chi connectivity index (χ0v) is 19.9. The van der Waals surface area contributed by atoms with Crippen LogP contribution in [0.1, 0.15) is 43.0 Å². The largest absolute Gasteiger partial charge is 0.494 e. The van der Waals surface area contributed by atoms with Crippen LogP contribution >= 0.6 is 22.9 Å². The molecule has 0 saturated carbocycles. The van der Waals surface area contributed by atoms with Crippen LogP contribution in [0.4, 0.5) is 5.13 Å². The summed E-state index contributed by atoms with van der Waals surface area (Å²) in [5.74, 6) is 0.321. The van der Waals surface area contributed by atoms with E-state index in [1.54, 1.807) is 41.3 Å². The molecule has 4 rings (SSSR count). The van der Waals surface area contributed by atoms with Crippen LogP contribution in [-0.2, 0) is 4.79 Å². The number of nitrogens with zero attached hydrogens (tertiary/aromatic N) is 3. The lowest BCUT2D eigenvalue weighted by atomic mass is 10.1. The maximum absolute atomic E-state index is 13.1. The molecular formula is C24H25ClN4O3S. The molecule has 9 heteroatoms. The van der Waals surface area contributed by atoms with Gasteiger partial charge in [-0.15, -0.1) is 10.2 Å². The Morgan fingerprint density at radius 1 is 1.21 bits per heavy atom. The van der Waals surface area contributed by atoms with Crippen molar-refractivity contribution in [2.45, 2.75) is 38.6 Å². The fraction of sp³-hybridized carbons (Fsp3) is 0.333. The molecule has 7 nitrogen and oxygen atoms in total. The Balaban J connectivity index is 1.39. The highest BCUT2D eigenvalue weighted by Gasteiger charge is 2.35. The van der Waals surface area contributed by atoms with Crippen molar-refractivity contribution in [1.82, 2.24) is 15.1 Å². The van der Waals surface area contributed by atoms with Gasteiger partial charge in [0.15, 0.2) is 0 Å². The van der Waals surface area contributed by atoms with Gasteiger partial charge >= 0.3 is 0 Å². The number of halogens is 1. The minimum Gasteiger partial charge on any atom is -0.494 e. The van der Waals surface area contributed by atoms with E-state index in [1.165, 1.54) is 11.3 Å². The van der Waals surface area contributed by atoms with Gasteiger partial charge < -0.3 is 9.64 Å². The Morgan fingerprint density at radius 3 is 2.79 bits per heavy atom. The zero-order valence-electron chi connectivity index (χ0n) is 18.3. The van der Waals surface area contributed by atoms with Crippen LogP contribution in [0.3, 0.4) is 0 Å². The Kier molecular flexibility index (Phi) is 7.57. The average molecular weight is 485 g/mol. The lowest BCUT2D eigenvalue weighted by Crippen LogP contribution is -2.43. The van der Waals surface area contributed by atoms with Gasteiger partial charge in [-0.25, -0.2) is 0 Å². The first-order valence-corrected chi connectivity index (χ1v) is 12.2. The molecule has 0 radical (unpaired) electrons. The van der Waals surface area contributed by atoms with Crippen molar-refractivity contribution in [3.05, 3.63) is 59.1 Å². The molecule has 0 spiro atoms. The lowest BCUT2D eigenvalue weighted by molar-refractivity contribution is -0.119. The van der Waals surface area contributed by atoms with Crippen LogP contribution in [0.25, 0.3) is 10.6 Å². The second-order valence-corrected chi connectivity index (χ2v) is 9.21. The van der Waals surface area contributed by atoms with Gasteiger partial charge in [-0.05, 0) is 55.7 Å². The number of rotatable bonds is 8. The average Bonchev–Trinajstić information content (AvgIpc) is 3.49.